The van der Waals surface area contributed by atoms with Crippen molar-refractivity contribution in [1.82, 2.24) is 24.8 Å². The second-order valence-corrected chi connectivity index (χ2v) is 8.41. The molecule has 2 bridgehead atoms. The monoisotopic (exact) mass is 418 g/mol. The number of piperidine rings is 1. The van der Waals surface area contributed by atoms with E-state index in [0.29, 0.717) is 17.2 Å². The number of nitrogens with zero attached hydrogens (tertiary/aromatic N) is 5. The van der Waals surface area contributed by atoms with E-state index < -0.39 is 5.82 Å². The predicted molar refractivity (Wildman–Crippen MR) is 114 cm³/mol. The first-order valence-corrected chi connectivity index (χ1v) is 10.4. The minimum Gasteiger partial charge on any atom is -0.365 e. The lowest BCUT2D eigenvalue weighted by atomic mass is 10.0. The Bertz CT molecular complexity index is 1120. The van der Waals surface area contributed by atoms with E-state index in [1.165, 1.54) is 0 Å². The van der Waals surface area contributed by atoms with Crippen molar-refractivity contribution < 1.29 is 9.18 Å². The Morgan fingerprint density at radius 1 is 1.06 bits per heavy atom. The third kappa shape index (κ3) is 3.73. The van der Waals surface area contributed by atoms with Crippen molar-refractivity contribution in [3.8, 4) is 11.5 Å². The highest BCUT2D eigenvalue weighted by atomic mass is 19.1. The first-order chi connectivity index (χ1) is 15.0. The fraction of sp³-hybridized carbons (Fsp3) is 0.348. The van der Waals surface area contributed by atoms with E-state index in [4.69, 9.17) is 0 Å². The summed E-state index contributed by atoms with van der Waals surface area (Å²) in [6.45, 7) is 4.57. The van der Waals surface area contributed by atoms with Gasteiger partial charge in [-0.3, -0.25) is 4.79 Å². The van der Waals surface area contributed by atoms with E-state index in [2.05, 4.69) is 25.3 Å². The van der Waals surface area contributed by atoms with Crippen molar-refractivity contribution >= 4 is 11.7 Å². The van der Waals surface area contributed by atoms with Crippen molar-refractivity contribution in [2.45, 2.75) is 38.8 Å². The van der Waals surface area contributed by atoms with Crippen molar-refractivity contribution in [2.75, 3.05) is 11.9 Å². The Morgan fingerprint density at radius 3 is 2.58 bits per heavy atom. The molecule has 2 aliphatic rings. The van der Waals surface area contributed by atoms with Crippen molar-refractivity contribution in [2.24, 2.45) is 5.92 Å². The number of aryl methyl sites for hydroxylation is 2. The lowest BCUT2D eigenvalue weighted by Gasteiger charge is -2.34. The number of hydrogen-bond acceptors (Lipinski definition) is 6. The van der Waals surface area contributed by atoms with Crippen molar-refractivity contribution in [3.63, 3.8) is 0 Å². The predicted octanol–water partition coefficient (Wildman–Crippen LogP) is 3.40. The van der Waals surface area contributed by atoms with Gasteiger partial charge in [-0.05, 0) is 56.4 Å². The third-order valence-electron chi connectivity index (χ3n) is 6.08. The summed E-state index contributed by atoms with van der Waals surface area (Å²) in [4.78, 5) is 32.5. The molecule has 158 valence electrons. The van der Waals surface area contributed by atoms with Crippen molar-refractivity contribution in [1.29, 1.82) is 0 Å². The second-order valence-electron chi connectivity index (χ2n) is 8.41. The zero-order valence-corrected chi connectivity index (χ0v) is 17.4. The molecule has 7 nitrogen and oxygen atoms in total. The van der Waals surface area contributed by atoms with Crippen LogP contribution in [-0.2, 0) is 0 Å². The highest BCUT2D eigenvalue weighted by Gasteiger charge is 2.47. The number of rotatable bonds is 4. The maximum atomic E-state index is 13.6. The van der Waals surface area contributed by atoms with Gasteiger partial charge < -0.3 is 10.2 Å². The Kier molecular flexibility index (Phi) is 4.84. The largest absolute Gasteiger partial charge is 0.365 e. The van der Waals surface area contributed by atoms with Crippen LogP contribution in [0.2, 0.25) is 0 Å². The van der Waals surface area contributed by atoms with Crippen LogP contribution < -0.4 is 5.32 Å². The topological polar surface area (TPSA) is 83.9 Å². The van der Waals surface area contributed by atoms with Crippen LogP contribution in [0, 0.1) is 25.6 Å². The molecule has 3 aromatic rings. The molecule has 0 radical (unpaired) electrons. The van der Waals surface area contributed by atoms with Gasteiger partial charge in [0.05, 0.1) is 24.0 Å². The summed E-state index contributed by atoms with van der Waals surface area (Å²) in [7, 11) is 0. The minimum absolute atomic E-state index is 0.0869. The lowest BCUT2D eigenvalue weighted by Crippen LogP contribution is -2.48. The molecule has 1 N–H and O–H groups in total. The number of carbonyl (C=O) groups is 1. The Labute approximate surface area is 179 Å². The molecular weight excluding hydrogens is 395 g/mol. The smallest absolute Gasteiger partial charge is 0.256 e. The normalized spacial score (nSPS) is 22.0. The van der Waals surface area contributed by atoms with E-state index in [9.17, 15) is 9.18 Å². The summed E-state index contributed by atoms with van der Waals surface area (Å²) in [5.74, 6) is 0.913. The van der Waals surface area contributed by atoms with E-state index >= 15 is 0 Å². The number of pyridine rings is 2. The first-order valence-electron chi connectivity index (χ1n) is 10.4. The maximum absolute atomic E-state index is 13.6. The molecule has 8 heteroatoms. The van der Waals surface area contributed by atoms with Gasteiger partial charge in [0.2, 0.25) is 0 Å². The van der Waals surface area contributed by atoms with Crippen LogP contribution in [0.4, 0.5) is 10.2 Å². The third-order valence-corrected chi connectivity index (χ3v) is 6.08. The first kappa shape index (κ1) is 19.5. The molecule has 1 amide bonds. The summed E-state index contributed by atoms with van der Waals surface area (Å²) in [6, 6.07) is 7.81. The molecule has 1 saturated carbocycles. The van der Waals surface area contributed by atoms with Gasteiger partial charge in [0.25, 0.3) is 5.91 Å². The number of aromatic nitrogens is 4. The average Bonchev–Trinajstić information content (AvgIpc) is 3.36. The summed E-state index contributed by atoms with van der Waals surface area (Å²) in [5.41, 5.74) is 2.68. The van der Waals surface area contributed by atoms with Gasteiger partial charge in [-0.25, -0.2) is 24.3 Å². The van der Waals surface area contributed by atoms with Gasteiger partial charge in [0, 0.05) is 24.5 Å². The zero-order valence-electron chi connectivity index (χ0n) is 17.4. The number of hydrogen-bond donors (Lipinski definition) is 1. The van der Waals surface area contributed by atoms with E-state index in [1.54, 1.807) is 12.1 Å². The molecule has 2 fully saturated rings. The fourth-order valence-corrected chi connectivity index (χ4v) is 4.65. The van der Waals surface area contributed by atoms with E-state index in [0.717, 1.165) is 48.9 Å². The number of anilines is 1. The van der Waals surface area contributed by atoms with Crippen LogP contribution in [0.1, 0.15) is 34.5 Å². The Hall–Kier alpha value is -3.42. The minimum atomic E-state index is -0.528. The molecule has 3 aromatic heterocycles. The fourth-order valence-electron chi connectivity index (χ4n) is 4.65. The Morgan fingerprint density at radius 2 is 1.87 bits per heavy atom. The summed E-state index contributed by atoms with van der Waals surface area (Å²) >= 11 is 0. The molecule has 0 aromatic carbocycles. The SMILES string of the molecule is Cc1ccc(NC2CC3CC2N(C(=O)c2ccc(C)nc2-c2ncc(F)cn2)C3)nc1. The van der Waals surface area contributed by atoms with Crippen molar-refractivity contribution in [3.05, 3.63) is 65.5 Å². The van der Waals surface area contributed by atoms with Gasteiger partial charge >= 0.3 is 0 Å². The molecule has 4 heterocycles. The molecule has 1 aliphatic heterocycles. The lowest BCUT2D eigenvalue weighted by molar-refractivity contribution is 0.0692. The molecule has 1 saturated heterocycles. The summed E-state index contributed by atoms with van der Waals surface area (Å²) < 4.78 is 13.3. The molecule has 3 unspecified atom stereocenters. The maximum Gasteiger partial charge on any atom is 0.256 e. The molecule has 0 spiro atoms. The second kappa shape index (κ2) is 7.68. The average molecular weight is 418 g/mol. The van der Waals surface area contributed by atoms with Gasteiger partial charge in [0.15, 0.2) is 11.6 Å². The van der Waals surface area contributed by atoms with Crippen LogP contribution in [0.3, 0.4) is 0 Å². The van der Waals surface area contributed by atoms with Gasteiger partial charge in [0.1, 0.15) is 11.5 Å². The number of likely N-dealkylation sites (tertiary alicyclic amines) is 1. The van der Waals surface area contributed by atoms with Crippen LogP contribution in [0.25, 0.3) is 11.5 Å². The van der Waals surface area contributed by atoms with E-state index in [1.807, 2.05) is 37.1 Å². The zero-order chi connectivity index (χ0) is 21.5. The number of halogens is 1. The molecule has 3 atom stereocenters. The molecular formula is C23H23FN6O. The molecule has 5 rings (SSSR count). The van der Waals surface area contributed by atoms with Crippen LogP contribution in [-0.4, -0.2) is 49.4 Å². The van der Waals surface area contributed by atoms with E-state index in [-0.39, 0.29) is 23.8 Å². The Balaban J connectivity index is 1.41. The number of carbonyl (C=O) groups excluding carboxylic acids is 1. The number of amides is 1. The molecule has 1 aliphatic carbocycles. The summed E-state index contributed by atoms with van der Waals surface area (Å²) in [6.07, 6.45) is 6.01. The van der Waals surface area contributed by atoms with Gasteiger partial charge in [-0.2, -0.15) is 0 Å². The van der Waals surface area contributed by atoms with Crippen LogP contribution in [0.15, 0.2) is 42.9 Å². The molecule has 31 heavy (non-hydrogen) atoms. The van der Waals surface area contributed by atoms with Gasteiger partial charge in [-0.1, -0.05) is 6.07 Å². The quantitative estimate of drug-likeness (QED) is 0.699. The standard InChI is InChI=1S/C23H23FN6O/c1-13-3-6-20(25-9-13)29-18-7-15-8-19(18)30(12-15)23(31)17-5-4-14(2)28-21(17)22-26-10-16(24)11-27-22/h3-6,9-11,15,18-19H,7-8,12H2,1-2H3,(H,25,29). The van der Waals surface area contributed by atoms with Crippen LogP contribution in [0.5, 0.6) is 0 Å². The summed E-state index contributed by atoms with van der Waals surface area (Å²) in [5, 5.41) is 3.51. The number of nitrogens with one attached hydrogen (secondary N) is 1. The van der Waals surface area contributed by atoms with Gasteiger partial charge in [-0.15, -0.1) is 0 Å². The highest BCUT2D eigenvalue weighted by Crippen LogP contribution is 2.40. The highest BCUT2D eigenvalue weighted by molar-refractivity contribution is 5.99. The number of fused-ring (bicyclic) bond motifs is 2. The van der Waals surface area contributed by atoms with Crippen LogP contribution >= 0.6 is 0 Å².